The van der Waals surface area contributed by atoms with Crippen molar-refractivity contribution >= 4 is 55.1 Å². The quantitative estimate of drug-likeness (QED) is 0.424. The fraction of sp³-hybridized carbons (Fsp3) is 0.417. The minimum atomic E-state index is -3.91. The lowest BCUT2D eigenvalue weighted by atomic mass is 10.1. The maximum absolute atomic E-state index is 13.6. The van der Waals surface area contributed by atoms with Crippen molar-refractivity contribution in [1.29, 1.82) is 0 Å². The third-order valence-corrected chi connectivity index (χ3v) is 7.35. The lowest BCUT2D eigenvalue weighted by Crippen LogP contribution is -2.52. The van der Waals surface area contributed by atoms with E-state index in [9.17, 15) is 18.0 Å². The molecule has 0 heterocycles. The first-order chi connectivity index (χ1) is 16.4. The first kappa shape index (κ1) is 28.9. The van der Waals surface area contributed by atoms with Gasteiger partial charge in [0.15, 0.2) is 0 Å². The molecule has 8 nitrogen and oxygen atoms in total. The van der Waals surface area contributed by atoms with Gasteiger partial charge in [0.25, 0.3) is 0 Å². The second-order valence-electron chi connectivity index (χ2n) is 8.23. The molecule has 1 N–H and O–H groups in total. The van der Waals surface area contributed by atoms with E-state index in [4.69, 9.17) is 16.3 Å². The van der Waals surface area contributed by atoms with Gasteiger partial charge in [-0.25, -0.2) is 8.42 Å². The van der Waals surface area contributed by atoms with Gasteiger partial charge in [-0.15, -0.1) is 0 Å². The van der Waals surface area contributed by atoms with Crippen LogP contribution in [0.3, 0.4) is 0 Å². The third kappa shape index (κ3) is 8.12. The average molecular weight is 589 g/mol. The van der Waals surface area contributed by atoms with E-state index in [1.165, 1.54) is 24.1 Å². The Morgan fingerprint density at radius 3 is 2.43 bits per heavy atom. The Balaban J connectivity index is 2.46. The van der Waals surface area contributed by atoms with Crippen molar-refractivity contribution in [2.45, 2.75) is 45.8 Å². The standard InChI is InChI=1S/C24H31BrClN3O5S/c1-6-16(2)27-24(31)17(3)28(14-18-8-7-9-19(25)12-18)23(30)15-29(35(5,32)33)21-13-20(26)10-11-22(21)34-4/h7-13,16-17H,6,14-15H2,1-5H3,(H,27,31). The number of ether oxygens (including phenoxy) is 1. The number of sulfonamides is 1. The van der Waals surface area contributed by atoms with Gasteiger partial charge in [0.1, 0.15) is 18.3 Å². The summed E-state index contributed by atoms with van der Waals surface area (Å²) < 4.78 is 32.5. The molecular weight excluding hydrogens is 558 g/mol. The van der Waals surface area contributed by atoms with E-state index in [0.29, 0.717) is 0 Å². The molecule has 2 atom stereocenters. The number of nitrogens with one attached hydrogen (secondary N) is 1. The van der Waals surface area contributed by atoms with Crippen LogP contribution < -0.4 is 14.4 Å². The predicted octanol–water partition coefficient (Wildman–Crippen LogP) is 4.21. The molecule has 0 radical (unpaired) electrons. The molecule has 2 rings (SSSR count). The molecule has 0 aliphatic heterocycles. The zero-order valence-electron chi connectivity index (χ0n) is 20.4. The van der Waals surface area contributed by atoms with Crippen LogP contribution in [0.1, 0.15) is 32.8 Å². The third-order valence-electron chi connectivity index (χ3n) is 5.50. The van der Waals surface area contributed by atoms with E-state index in [0.717, 1.165) is 27.0 Å². The minimum Gasteiger partial charge on any atom is -0.495 e. The molecule has 11 heteroatoms. The van der Waals surface area contributed by atoms with E-state index in [-0.39, 0.29) is 35.0 Å². The van der Waals surface area contributed by atoms with Crippen LogP contribution >= 0.6 is 27.5 Å². The van der Waals surface area contributed by atoms with E-state index < -0.39 is 28.5 Å². The number of hydrogen-bond donors (Lipinski definition) is 1. The summed E-state index contributed by atoms with van der Waals surface area (Å²) in [6.07, 6.45) is 1.73. The maximum Gasteiger partial charge on any atom is 0.244 e. The highest BCUT2D eigenvalue weighted by molar-refractivity contribution is 9.10. The summed E-state index contributed by atoms with van der Waals surface area (Å²) in [5.74, 6) is -0.633. The molecule has 0 aromatic heterocycles. The number of halogens is 2. The average Bonchev–Trinajstić information content (AvgIpc) is 2.79. The zero-order chi connectivity index (χ0) is 26.3. The summed E-state index contributed by atoms with van der Waals surface area (Å²) in [6.45, 7) is 5.02. The SMILES string of the molecule is CCC(C)NC(=O)C(C)N(Cc1cccc(Br)c1)C(=O)CN(c1cc(Cl)ccc1OC)S(C)(=O)=O. The highest BCUT2D eigenvalue weighted by Crippen LogP contribution is 2.33. The Morgan fingerprint density at radius 2 is 1.86 bits per heavy atom. The number of hydrogen-bond acceptors (Lipinski definition) is 5. The molecule has 2 amide bonds. The Hall–Kier alpha value is -2.30. The normalized spacial score (nSPS) is 13.0. The van der Waals surface area contributed by atoms with E-state index >= 15 is 0 Å². The number of methoxy groups -OCH3 is 1. The van der Waals surface area contributed by atoms with E-state index in [1.54, 1.807) is 13.0 Å². The van der Waals surface area contributed by atoms with Crippen LogP contribution in [0, 0.1) is 0 Å². The molecule has 0 aliphatic rings. The van der Waals surface area contributed by atoms with Crippen molar-refractivity contribution in [3.05, 3.63) is 57.5 Å². The molecule has 2 aromatic carbocycles. The van der Waals surface area contributed by atoms with Crippen molar-refractivity contribution in [3.63, 3.8) is 0 Å². The molecule has 0 fully saturated rings. The summed E-state index contributed by atoms with van der Waals surface area (Å²) in [4.78, 5) is 27.9. The summed E-state index contributed by atoms with van der Waals surface area (Å²) in [6, 6.07) is 10.9. The second kappa shape index (κ2) is 12.6. The number of benzene rings is 2. The fourth-order valence-electron chi connectivity index (χ4n) is 3.33. The highest BCUT2D eigenvalue weighted by atomic mass is 79.9. The molecular formula is C24H31BrClN3O5S. The molecule has 35 heavy (non-hydrogen) atoms. The summed E-state index contributed by atoms with van der Waals surface area (Å²) in [5.41, 5.74) is 0.914. The van der Waals surface area contributed by atoms with Gasteiger partial charge in [0, 0.05) is 22.1 Å². The summed E-state index contributed by atoms with van der Waals surface area (Å²) in [5, 5.41) is 3.18. The van der Waals surface area contributed by atoms with E-state index in [1.807, 2.05) is 38.1 Å². The number of carbonyl (C=O) groups is 2. The van der Waals surface area contributed by atoms with Crippen molar-refractivity contribution in [2.24, 2.45) is 0 Å². The monoisotopic (exact) mass is 587 g/mol. The van der Waals surface area contributed by atoms with Crippen LogP contribution in [-0.4, -0.2) is 57.1 Å². The van der Waals surface area contributed by atoms with Gasteiger partial charge in [-0.05, 0) is 56.2 Å². The van der Waals surface area contributed by atoms with Crippen LogP contribution in [0.15, 0.2) is 46.9 Å². The van der Waals surface area contributed by atoms with Gasteiger partial charge in [-0.2, -0.15) is 0 Å². The van der Waals surface area contributed by atoms with Crippen LogP contribution in [0.5, 0.6) is 5.75 Å². The number of anilines is 1. The predicted molar refractivity (Wildman–Crippen MR) is 142 cm³/mol. The zero-order valence-corrected chi connectivity index (χ0v) is 23.6. The molecule has 192 valence electrons. The first-order valence-corrected chi connectivity index (χ1v) is 14.0. The van der Waals surface area contributed by atoms with E-state index in [2.05, 4.69) is 21.2 Å². The largest absolute Gasteiger partial charge is 0.495 e. The number of nitrogens with zero attached hydrogens (tertiary/aromatic N) is 2. The smallest absolute Gasteiger partial charge is 0.244 e. The van der Waals surface area contributed by atoms with Gasteiger partial charge in [0.05, 0.1) is 19.1 Å². The molecule has 0 aliphatic carbocycles. The van der Waals surface area contributed by atoms with Crippen molar-refractivity contribution in [2.75, 3.05) is 24.2 Å². The summed E-state index contributed by atoms with van der Waals surface area (Å²) in [7, 11) is -2.51. The van der Waals surface area contributed by atoms with Crippen LogP contribution in [-0.2, 0) is 26.2 Å². The van der Waals surface area contributed by atoms with Crippen LogP contribution in [0.4, 0.5) is 5.69 Å². The molecule has 2 unspecified atom stereocenters. The van der Waals surface area contributed by atoms with Crippen molar-refractivity contribution in [1.82, 2.24) is 10.2 Å². The fourth-order valence-corrected chi connectivity index (χ4v) is 4.79. The Labute approximate surface area is 220 Å². The number of rotatable bonds is 11. The van der Waals surface area contributed by atoms with Crippen molar-refractivity contribution < 1.29 is 22.7 Å². The minimum absolute atomic E-state index is 0.0731. The Morgan fingerprint density at radius 1 is 1.17 bits per heavy atom. The Kier molecular flexibility index (Phi) is 10.4. The highest BCUT2D eigenvalue weighted by Gasteiger charge is 2.31. The van der Waals surface area contributed by atoms with Crippen LogP contribution in [0.2, 0.25) is 5.02 Å². The van der Waals surface area contributed by atoms with Crippen molar-refractivity contribution in [3.8, 4) is 5.75 Å². The van der Waals surface area contributed by atoms with Gasteiger partial charge >= 0.3 is 0 Å². The lowest BCUT2D eigenvalue weighted by molar-refractivity contribution is -0.139. The van der Waals surface area contributed by atoms with Gasteiger partial charge in [-0.1, -0.05) is 46.6 Å². The van der Waals surface area contributed by atoms with Crippen LogP contribution in [0.25, 0.3) is 0 Å². The molecule has 0 saturated heterocycles. The molecule has 2 aromatic rings. The second-order valence-corrected chi connectivity index (χ2v) is 11.5. The Bertz CT molecular complexity index is 1160. The number of amides is 2. The summed E-state index contributed by atoms with van der Waals surface area (Å²) >= 11 is 9.53. The van der Waals surface area contributed by atoms with Gasteiger partial charge in [-0.3, -0.25) is 13.9 Å². The number of carbonyl (C=O) groups excluding carboxylic acids is 2. The first-order valence-electron chi connectivity index (χ1n) is 11.0. The van der Waals surface area contributed by atoms with Gasteiger partial charge < -0.3 is 15.0 Å². The van der Waals surface area contributed by atoms with Gasteiger partial charge in [0.2, 0.25) is 21.8 Å². The lowest BCUT2D eigenvalue weighted by Gasteiger charge is -2.32. The molecule has 0 spiro atoms. The molecule has 0 bridgehead atoms. The topological polar surface area (TPSA) is 96.0 Å². The maximum atomic E-state index is 13.6. The molecule has 0 saturated carbocycles.